The van der Waals surface area contributed by atoms with E-state index in [0.717, 1.165) is 15.7 Å². The Labute approximate surface area is 126 Å². The van der Waals surface area contributed by atoms with Gasteiger partial charge in [-0.15, -0.1) is 0 Å². The number of amides is 1. The van der Waals surface area contributed by atoms with E-state index in [1.54, 1.807) is 24.3 Å². The van der Waals surface area contributed by atoms with Crippen LogP contribution in [0.4, 0.5) is 11.4 Å². The summed E-state index contributed by atoms with van der Waals surface area (Å²) in [7, 11) is 0. The lowest BCUT2D eigenvalue weighted by Gasteiger charge is -2.09. The van der Waals surface area contributed by atoms with E-state index in [-0.39, 0.29) is 12.5 Å². The van der Waals surface area contributed by atoms with Crippen LogP contribution in [0.1, 0.15) is 5.56 Å². The first kappa shape index (κ1) is 14.4. The van der Waals surface area contributed by atoms with Crippen LogP contribution in [0.25, 0.3) is 0 Å². The number of carbonyl (C=O) groups is 1. The molecule has 0 bridgehead atoms. The summed E-state index contributed by atoms with van der Waals surface area (Å²) in [6, 6.07) is 12.6. The number of nitrogens with one attached hydrogen (secondary N) is 1. The minimum absolute atomic E-state index is 0.0606. The van der Waals surface area contributed by atoms with Crippen LogP contribution in [-0.2, 0) is 4.79 Å². The molecule has 0 aromatic heterocycles. The summed E-state index contributed by atoms with van der Waals surface area (Å²) in [6.45, 7) is 1.92. The quantitative estimate of drug-likeness (QED) is 0.842. The highest BCUT2D eigenvalue weighted by Gasteiger charge is 2.05. The Morgan fingerprint density at radius 1 is 1.30 bits per heavy atom. The molecule has 104 valence electrons. The fourth-order valence-electron chi connectivity index (χ4n) is 1.62. The molecule has 0 aliphatic carbocycles. The molecule has 5 heteroatoms. The Hall–Kier alpha value is -2.01. The van der Waals surface area contributed by atoms with Crippen LogP contribution in [0.3, 0.4) is 0 Å². The number of aryl methyl sites for hydroxylation is 1. The molecule has 2 aromatic carbocycles. The third kappa shape index (κ3) is 3.99. The third-order valence-electron chi connectivity index (χ3n) is 2.68. The van der Waals surface area contributed by atoms with Gasteiger partial charge in [0.05, 0.1) is 0 Å². The lowest BCUT2D eigenvalue weighted by Crippen LogP contribution is -2.20. The highest BCUT2D eigenvalue weighted by Crippen LogP contribution is 2.20. The SMILES string of the molecule is Cc1ccc(NC(=O)COc2cccc(N)c2)cc1Br. The van der Waals surface area contributed by atoms with Gasteiger partial charge in [-0.25, -0.2) is 0 Å². The smallest absolute Gasteiger partial charge is 0.262 e. The topological polar surface area (TPSA) is 64.3 Å². The maximum Gasteiger partial charge on any atom is 0.262 e. The zero-order chi connectivity index (χ0) is 14.5. The molecule has 0 spiro atoms. The lowest BCUT2D eigenvalue weighted by molar-refractivity contribution is -0.118. The van der Waals surface area contributed by atoms with Gasteiger partial charge in [0.1, 0.15) is 5.75 Å². The van der Waals surface area contributed by atoms with Gasteiger partial charge in [-0.2, -0.15) is 0 Å². The van der Waals surface area contributed by atoms with Crippen LogP contribution in [0, 0.1) is 6.92 Å². The first-order valence-corrected chi connectivity index (χ1v) is 6.88. The van der Waals surface area contributed by atoms with Crippen molar-refractivity contribution in [3.8, 4) is 5.75 Å². The Kier molecular flexibility index (Phi) is 4.63. The van der Waals surface area contributed by atoms with Gasteiger partial charge in [-0.3, -0.25) is 4.79 Å². The molecule has 0 fully saturated rings. The predicted molar refractivity (Wildman–Crippen MR) is 83.9 cm³/mol. The van der Waals surface area contributed by atoms with E-state index in [9.17, 15) is 4.79 Å². The minimum atomic E-state index is -0.219. The monoisotopic (exact) mass is 334 g/mol. The summed E-state index contributed by atoms with van der Waals surface area (Å²) in [6.07, 6.45) is 0. The first-order valence-electron chi connectivity index (χ1n) is 6.09. The zero-order valence-electron chi connectivity index (χ0n) is 11.0. The third-order valence-corrected chi connectivity index (χ3v) is 3.54. The number of halogens is 1. The summed E-state index contributed by atoms with van der Waals surface area (Å²) in [5, 5.41) is 2.77. The summed E-state index contributed by atoms with van der Waals surface area (Å²) in [4.78, 5) is 11.8. The van der Waals surface area contributed by atoms with E-state index >= 15 is 0 Å². The fourth-order valence-corrected chi connectivity index (χ4v) is 2.00. The highest BCUT2D eigenvalue weighted by atomic mass is 79.9. The van der Waals surface area contributed by atoms with Gasteiger partial charge in [0, 0.05) is 21.9 Å². The molecule has 0 saturated carbocycles. The predicted octanol–water partition coefficient (Wildman–Crippen LogP) is 3.36. The molecule has 0 aliphatic heterocycles. The number of ether oxygens (including phenoxy) is 1. The number of hydrogen-bond acceptors (Lipinski definition) is 3. The number of nitrogen functional groups attached to an aromatic ring is 1. The van der Waals surface area contributed by atoms with Gasteiger partial charge < -0.3 is 15.8 Å². The van der Waals surface area contributed by atoms with Crippen LogP contribution in [0.2, 0.25) is 0 Å². The number of rotatable bonds is 4. The van der Waals surface area contributed by atoms with Crippen molar-refractivity contribution in [3.05, 3.63) is 52.5 Å². The molecule has 3 N–H and O–H groups in total. The fraction of sp³-hybridized carbons (Fsp3) is 0.133. The second-order valence-electron chi connectivity index (χ2n) is 4.37. The van der Waals surface area contributed by atoms with Gasteiger partial charge >= 0.3 is 0 Å². The Morgan fingerprint density at radius 3 is 2.80 bits per heavy atom. The molecule has 0 radical (unpaired) electrons. The van der Waals surface area contributed by atoms with Crippen molar-refractivity contribution in [1.82, 2.24) is 0 Å². The molecular weight excluding hydrogens is 320 g/mol. The van der Waals surface area contributed by atoms with Crippen LogP contribution < -0.4 is 15.8 Å². The average Bonchev–Trinajstić information content (AvgIpc) is 2.41. The minimum Gasteiger partial charge on any atom is -0.484 e. The Balaban J connectivity index is 1.91. The van der Waals surface area contributed by atoms with E-state index in [1.165, 1.54) is 0 Å². The molecule has 2 aromatic rings. The van der Waals surface area contributed by atoms with Crippen molar-refractivity contribution in [1.29, 1.82) is 0 Å². The van der Waals surface area contributed by atoms with E-state index in [2.05, 4.69) is 21.2 Å². The van der Waals surface area contributed by atoms with Crippen molar-refractivity contribution >= 4 is 33.2 Å². The molecule has 1 amide bonds. The number of nitrogens with two attached hydrogens (primary N) is 1. The zero-order valence-corrected chi connectivity index (χ0v) is 12.6. The van der Waals surface area contributed by atoms with Crippen molar-refractivity contribution < 1.29 is 9.53 Å². The van der Waals surface area contributed by atoms with Crippen molar-refractivity contribution in [2.75, 3.05) is 17.7 Å². The second-order valence-corrected chi connectivity index (χ2v) is 5.23. The maximum absolute atomic E-state index is 11.8. The standard InChI is InChI=1S/C15H15BrN2O2/c1-10-5-6-12(8-14(10)16)18-15(19)9-20-13-4-2-3-11(17)7-13/h2-8H,9,17H2,1H3,(H,18,19). The van der Waals surface area contributed by atoms with Crippen molar-refractivity contribution in [3.63, 3.8) is 0 Å². The lowest BCUT2D eigenvalue weighted by atomic mass is 10.2. The molecular formula is C15H15BrN2O2. The Bertz CT molecular complexity index is 629. The summed E-state index contributed by atoms with van der Waals surface area (Å²) in [5.41, 5.74) is 8.07. The number of carbonyl (C=O) groups excluding carboxylic acids is 1. The van der Waals surface area contributed by atoms with Gasteiger partial charge in [-0.1, -0.05) is 28.1 Å². The molecule has 20 heavy (non-hydrogen) atoms. The highest BCUT2D eigenvalue weighted by molar-refractivity contribution is 9.10. The Morgan fingerprint density at radius 2 is 2.10 bits per heavy atom. The summed E-state index contributed by atoms with van der Waals surface area (Å²) in [5.74, 6) is 0.355. The second kappa shape index (κ2) is 6.43. The average molecular weight is 335 g/mol. The van der Waals surface area contributed by atoms with E-state index in [0.29, 0.717) is 11.4 Å². The van der Waals surface area contributed by atoms with E-state index in [1.807, 2.05) is 25.1 Å². The van der Waals surface area contributed by atoms with Crippen LogP contribution >= 0.6 is 15.9 Å². The molecule has 0 heterocycles. The van der Waals surface area contributed by atoms with Crippen molar-refractivity contribution in [2.45, 2.75) is 6.92 Å². The summed E-state index contributed by atoms with van der Waals surface area (Å²) >= 11 is 3.42. The number of anilines is 2. The first-order chi connectivity index (χ1) is 9.54. The molecule has 0 unspecified atom stereocenters. The van der Waals surface area contributed by atoms with Gasteiger partial charge in [-0.05, 0) is 36.8 Å². The normalized spacial score (nSPS) is 10.1. The van der Waals surface area contributed by atoms with Gasteiger partial charge in [0.15, 0.2) is 6.61 Å². The molecule has 0 aliphatic rings. The van der Waals surface area contributed by atoms with Crippen LogP contribution in [0.15, 0.2) is 46.9 Å². The van der Waals surface area contributed by atoms with Crippen LogP contribution in [0.5, 0.6) is 5.75 Å². The molecule has 2 rings (SSSR count). The molecule has 4 nitrogen and oxygen atoms in total. The van der Waals surface area contributed by atoms with Crippen molar-refractivity contribution in [2.24, 2.45) is 0 Å². The van der Waals surface area contributed by atoms with Crippen LogP contribution in [-0.4, -0.2) is 12.5 Å². The molecule has 0 saturated heterocycles. The number of benzene rings is 2. The summed E-state index contributed by atoms with van der Waals surface area (Å²) < 4.78 is 6.32. The molecule has 0 atom stereocenters. The van der Waals surface area contributed by atoms with E-state index < -0.39 is 0 Å². The largest absolute Gasteiger partial charge is 0.484 e. The van der Waals surface area contributed by atoms with E-state index in [4.69, 9.17) is 10.5 Å². The van der Waals surface area contributed by atoms with Gasteiger partial charge in [0.2, 0.25) is 0 Å². The maximum atomic E-state index is 11.8. The number of hydrogen-bond donors (Lipinski definition) is 2. The van der Waals surface area contributed by atoms with Gasteiger partial charge in [0.25, 0.3) is 5.91 Å².